The Morgan fingerprint density at radius 3 is 2.71 bits per heavy atom. The first-order valence-electron chi connectivity index (χ1n) is 8.51. The summed E-state index contributed by atoms with van der Waals surface area (Å²) in [4.78, 5) is 0. The summed E-state index contributed by atoms with van der Waals surface area (Å²) in [6.45, 7) is 4.68. The quantitative estimate of drug-likeness (QED) is 0.853. The number of hydrogen-bond acceptors (Lipinski definition) is 3. The van der Waals surface area contributed by atoms with Crippen LogP contribution in [0.3, 0.4) is 0 Å². The molecule has 1 aliphatic carbocycles. The monoisotopic (exact) mass is 289 g/mol. The normalized spacial score (nSPS) is 25.4. The molecular weight excluding hydrogens is 262 g/mol. The van der Waals surface area contributed by atoms with E-state index in [2.05, 4.69) is 30.4 Å². The molecule has 3 rings (SSSR count). The first-order valence-corrected chi connectivity index (χ1v) is 8.51. The van der Waals surface area contributed by atoms with Gasteiger partial charge in [-0.25, -0.2) is 0 Å². The van der Waals surface area contributed by atoms with Gasteiger partial charge in [0.25, 0.3) is 0 Å². The van der Waals surface area contributed by atoms with Crippen LogP contribution in [0.15, 0.2) is 18.2 Å². The highest BCUT2D eigenvalue weighted by molar-refractivity contribution is 5.45. The maximum absolute atomic E-state index is 5.76. The van der Waals surface area contributed by atoms with Gasteiger partial charge in [0.1, 0.15) is 13.2 Å². The summed E-state index contributed by atoms with van der Waals surface area (Å²) in [5, 5.41) is 3.77. The maximum Gasteiger partial charge on any atom is 0.161 e. The Morgan fingerprint density at radius 2 is 1.86 bits per heavy atom. The Labute approximate surface area is 128 Å². The largest absolute Gasteiger partial charge is 0.486 e. The van der Waals surface area contributed by atoms with Gasteiger partial charge >= 0.3 is 0 Å². The molecule has 1 heterocycles. The van der Waals surface area contributed by atoms with Crippen molar-refractivity contribution in [2.24, 2.45) is 0 Å². The molecule has 1 N–H and O–H groups in total. The van der Waals surface area contributed by atoms with Crippen LogP contribution in [0.2, 0.25) is 0 Å². The lowest BCUT2D eigenvalue weighted by Crippen LogP contribution is -2.34. The fourth-order valence-electron chi connectivity index (χ4n) is 3.57. The first-order chi connectivity index (χ1) is 10.4. The molecule has 21 heavy (non-hydrogen) atoms. The van der Waals surface area contributed by atoms with E-state index in [1.165, 1.54) is 44.1 Å². The van der Waals surface area contributed by atoms with Crippen molar-refractivity contribution < 1.29 is 9.47 Å². The van der Waals surface area contributed by atoms with Gasteiger partial charge in [0.2, 0.25) is 0 Å². The molecule has 3 nitrogen and oxygen atoms in total. The fraction of sp³-hybridized carbons (Fsp3) is 0.667. The number of ether oxygens (including phenoxy) is 2. The Morgan fingerprint density at radius 1 is 1.05 bits per heavy atom. The third kappa shape index (κ3) is 3.52. The molecule has 0 radical (unpaired) electrons. The van der Waals surface area contributed by atoms with Gasteiger partial charge in [-0.3, -0.25) is 0 Å². The smallest absolute Gasteiger partial charge is 0.161 e. The molecule has 0 aromatic heterocycles. The van der Waals surface area contributed by atoms with Crippen molar-refractivity contribution in [3.63, 3.8) is 0 Å². The molecule has 1 saturated carbocycles. The second-order valence-electron chi connectivity index (χ2n) is 6.21. The molecule has 1 aromatic rings. The Bertz CT molecular complexity index is 461. The molecule has 2 atom stereocenters. The van der Waals surface area contributed by atoms with E-state index in [-0.39, 0.29) is 0 Å². The second kappa shape index (κ2) is 7.17. The number of hydrogen-bond donors (Lipinski definition) is 1. The van der Waals surface area contributed by atoms with Gasteiger partial charge in [-0.15, -0.1) is 0 Å². The van der Waals surface area contributed by atoms with Crippen LogP contribution in [0.25, 0.3) is 0 Å². The van der Waals surface area contributed by atoms with Crippen LogP contribution in [-0.4, -0.2) is 25.8 Å². The SMILES string of the molecule is CCCNC1CCCCCC1c1ccc2c(c1)OCCO2. The van der Waals surface area contributed by atoms with Gasteiger partial charge in [-0.2, -0.15) is 0 Å². The van der Waals surface area contributed by atoms with E-state index in [4.69, 9.17) is 9.47 Å². The van der Waals surface area contributed by atoms with Crippen molar-refractivity contribution in [1.82, 2.24) is 5.32 Å². The molecule has 2 unspecified atom stereocenters. The number of rotatable bonds is 4. The minimum absolute atomic E-state index is 0.606. The lowest BCUT2D eigenvalue weighted by Gasteiger charge is -2.28. The van der Waals surface area contributed by atoms with Crippen molar-refractivity contribution in [2.45, 2.75) is 57.4 Å². The standard InChI is InChI=1S/C18H27NO2/c1-2-10-19-16-7-5-3-4-6-15(16)14-8-9-17-18(13-14)21-12-11-20-17/h8-9,13,15-16,19H,2-7,10-12H2,1H3. The van der Waals surface area contributed by atoms with Gasteiger partial charge in [0, 0.05) is 6.04 Å². The minimum atomic E-state index is 0.606. The van der Waals surface area contributed by atoms with Crippen molar-refractivity contribution in [2.75, 3.05) is 19.8 Å². The van der Waals surface area contributed by atoms with E-state index in [1.807, 2.05) is 0 Å². The topological polar surface area (TPSA) is 30.5 Å². The van der Waals surface area contributed by atoms with Gasteiger partial charge in [-0.05, 0) is 49.4 Å². The van der Waals surface area contributed by atoms with Crippen molar-refractivity contribution in [1.29, 1.82) is 0 Å². The third-order valence-corrected chi connectivity index (χ3v) is 4.67. The summed E-state index contributed by atoms with van der Waals surface area (Å²) in [6.07, 6.45) is 7.82. The van der Waals surface area contributed by atoms with E-state index in [9.17, 15) is 0 Å². The summed E-state index contributed by atoms with van der Waals surface area (Å²) in [5.41, 5.74) is 1.41. The van der Waals surface area contributed by atoms with E-state index in [0.717, 1.165) is 18.0 Å². The zero-order valence-electron chi connectivity index (χ0n) is 13.1. The van der Waals surface area contributed by atoms with E-state index in [1.54, 1.807) is 0 Å². The Hall–Kier alpha value is -1.22. The Balaban J connectivity index is 1.80. The summed E-state index contributed by atoms with van der Waals surface area (Å²) < 4.78 is 11.4. The molecule has 1 fully saturated rings. The van der Waals surface area contributed by atoms with Crippen LogP contribution >= 0.6 is 0 Å². The molecular formula is C18H27NO2. The predicted octanol–water partition coefficient (Wildman–Crippen LogP) is 3.87. The highest BCUT2D eigenvalue weighted by Gasteiger charge is 2.26. The molecule has 0 spiro atoms. The van der Waals surface area contributed by atoms with Crippen molar-refractivity contribution >= 4 is 0 Å². The molecule has 0 bridgehead atoms. The zero-order valence-corrected chi connectivity index (χ0v) is 13.1. The summed E-state index contributed by atoms with van der Waals surface area (Å²) >= 11 is 0. The number of nitrogens with one attached hydrogen (secondary N) is 1. The molecule has 116 valence electrons. The fourth-order valence-corrected chi connectivity index (χ4v) is 3.57. The van der Waals surface area contributed by atoms with Crippen LogP contribution in [0, 0.1) is 0 Å². The van der Waals surface area contributed by atoms with E-state index >= 15 is 0 Å². The van der Waals surface area contributed by atoms with E-state index < -0.39 is 0 Å². The molecule has 2 aliphatic rings. The van der Waals surface area contributed by atoms with Crippen molar-refractivity contribution in [3.05, 3.63) is 23.8 Å². The number of fused-ring (bicyclic) bond motifs is 1. The minimum Gasteiger partial charge on any atom is -0.486 e. The summed E-state index contributed by atoms with van der Waals surface area (Å²) in [7, 11) is 0. The summed E-state index contributed by atoms with van der Waals surface area (Å²) in [5.74, 6) is 2.43. The lowest BCUT2D eigenvalue weighted by molar-refractivity contribution is 0.171. The average molecular weight is 289 g/mol. The summed E-state index contributed by atoms with van der Waals surface area (Å²) in [6, 6.07) is 7.15. The predicted molar refractivity (Wildman–Crippen MR) is 85.3 cm³/mol. The van der Waals surface area contributed by atoms with Gasteiger partial charge in [0.15, 0.2) is 11.5 Å². The third-order valence-electron chi connectivity index (χ3n) is 4.67. The lowest BCUT2D eigenvalue weighted by atomic mass is 9.87. The van der Waals surface area contributed by atoms with Gasteiger partial charge in [0.05, 0.1) is 0 Å². The Kier molecular flexibility index (Phi) is 5.02. The first kappa shape index (κ1) is 14.7. The van der Waals surface area contributed by atoms with Crippen LogP contribution in [0.4, 0.5) is 0 Å². The van der Waals surface area contributed by atoms with Gasteiger partial charge in [-0.1, -0.05) is 32.3 Å². The second-order valence-corrected chi connectivity index (χ2v) is 6.21. The highest BCUT2D eigenvalue weighted by Crippen LogP contribution is 2.37. The van der Waals surface area contributed by atoms with Gasteiger partial charge < -0.3 is 14.8 Å². The number of benzene rings is 1. The molecule has 0 saturated heterocycles. The molecule has 1 aliphatic heterocycles. The molecule has 0 amide bonds. The van der Waals surface area contributed by atoms with Crippen molar-refractivity contribution in [3.8, 4) is 11.5 Å². The van der Waals surface area contributed by atoms with E-state index in [0.29, 0.717) is 25.2 Å². The molecule has 3 heteroatoms. The maximum atomic E-state index is 5.76. The van der Waals surface area contributed by atoms with Crippen LogP contribution in [-0.2, 0) is 0 Å². The highest BCUT2D eigenvalue weighted by atomic mass is 16.6. The average Bonchev–Trinajstić information content (AvgIpc) is 2.78. The van der Waals surface area contributed by atoms with Crippen LogP contribution in [0.1, 0.15) is 56.9 Å². The zero-order chi connectivity index (χ0) is 14.5. The van der Waals surface area contributed by atoms with Crippen LogP contribution in [0.5, 0.6) is 11.5 Å². The van der Waals surface area contributed by atoms with Crippen LogP contribution < -0.4 is 14.8 Å². The molecule has 1 aromatic carbocycles.